The van der Waals surface area contributed by atoms with Crippen molar-refractivity contribution < 1.29 is 14.8 Å². The number of ether oxygens (including phenoxy) is 1. The lowest BCUT2D eigenvalue weighted by Gasteiger charge is -2.20. The number of hydrogen-bond acceptors (Lipinski definition) is 4. The van der Waals surface area contributed by atoms with Gasteiger partial charge in [-0.25, -0.2) is 0 Å². The van der Waals surface area contributed by atoms with E-state index < -0.39 is 21.4 Å². The van der Waals surface area contributed by atoms with Gasteiger partial charge < -0.3 is 9.84 Å². The van der Waals surface area contributed by atoms with Gasteiger partial charge in [-0.05, 0) is 12.8 Å². The number of aliphatic hydroxyl groups excluding tert-OH is 1. The van der Waals surface area contributed by atoms with E-state index in [1.807, 2.05) is 0 Å². The molecule has 5 nitrogen and oxygen atoms in total. The molecule has 0 saturated carbocycles. The summed E-state index contributed by atoms with van der Waals surface area (Å²) in [6.07, 6.45) is 0.0347. The molecule has 0 bridgehead atoms. The van der Waals surface area contributed by atoms with E-state index in [-0.39, 0.29) is 13.2 Å². The Morgan fingerprint density at radius 3 is 2.40 bits per heavy atom. The van der Waals surface area contributed by atoms with E-state index in [1.54, 1.807) is 0 Å². The first kappa shape index (κ1) is 15.2. The van der Waals surface area contributed by atoms with E-state index in [0.717, 1.165) is 0 Å². The van der Waals surface area contributed by atoms with Crippen LogP contribution in [0.2, 0.25) is 0 Å². The van der Waals surface area contributed by atoms with Crippen molar-refractivity contribution in [2.45, 2.75) is 22.7 Å². The molecule has 0 heterocycles. The molecule has 8 heteroatoms. The van der Waals surface area contributed by atoms with Crippen LogP contribution in [0, 0.1) is 10.1 Å². The van der Waals surface area contributed by atoms with E-state index in [2.05, 4.69) is 0 Å². The Kier molecular flexibility index (Phi) is 7.56. The van der Waals surface area contributed by atoms with Crippen LogP contribution >= 0.6 is 34.8 Å². The van der Waals surface area contributed by atoms with E-state index in [0.29, 0.717) is 12.8 Å². The molecule has 0 spiro atoms. The van der Waals surface area contributed by atoms with Gasteiger partial charge in [0, 0.05) is 18.1 Å². The second-order valence-corrected chi connectivity index (χ2v) is 5.22. The molecule has 0 aromatic carbocycles. The van der Waals surface area contributed by atoms with Crippen LogP contribution in [0.25, 0.3) is 0 Å². The van der Waals surface area contributed by atoms with Crippen molar-refractivity contribution in [1.82, 2.24) is 0 Å². The highest BCUT2D eigenvalue weighted by atomic mass is 35.6. The normalized spacial score (nSPS) is 13.9. The van der Waals surface area contributed by atoms with E-state index in [1.165, 1.54) is 0 Å². The van der Waals surface area contributed by atoms with Crippen molar-refractivity contribution in [1.29, 1.82) is 0 Å². The number of rotatable bonds is 7. The van der Waals surface area contributed by atoms with Gasteiger partial charge in [-0.3, -0.25) is 10.1 Å². The zero-order valence-electron chi connectivity index (χ0n) is 7.87. The Balaban J connectivity index is 3.97. The van der Waals surface area contributed by atoms with Gasteiger partial charge in [0.1, 0.15) is 0 Å². The van der Waals surface area contributed by atoms with Crippen LogP contribution in [-0.4, -0.2) is 39.7 Å². The van der Waals surface area contributed by atoms with Gasteiger partial charge in [-0.1, -0.05) is 34.8 Å². The van der Waals surface area contributed by atoms with Crippen LogP contribution in [0.1, 0.15) is 12.8 Å². The minimum atomic E-state index is -1.81. The predicted molar refractivity (Wildman–Crippen MR) is 58.2 cm³/mol. The number of unbranched alkanes of at least 4 members (excludes halogenated alkanes) is 1. The SMILES string of the molecule is O=[N+]([O-])C[C@@H](OCCCCO)C(Cl)(Cl)Cl. The van der Waals surface area contributed by atoms with E-state index in [4.69, 9.17) is 44.6 Å². The van der Waals surface area contributed by atoms with Crippen LogP contribution < -0.4 is 0 Å². The summed E-state index contributed by atoms with van der Waals surface area (Å²) in [7, 11) is 0. The quantitative estimate of drug-likeness (QED) is 0.334. The summed E-state index contributed by atoms with van der Waals surface area (Å²) >= 11 is 16.5. The number of nitro groups is 1. The molecule has 0 unspecified atom stereocenters. The molecule has 0 aliphatic rings. The molecule has 0 amide bonds. The number of hydrogen-bond donors (Lipinski definition) is 1. The van der Waals surface area contributed by atoms with Gasteiger partial charge in [-0.2, -0.15) is 0 Å². The van der Waals surface area contributed by atoms with Gasteiger partial charge in [0.05, 0.1) is 0 Å². The lowest BCUT2D eigenvalue weighted by Crippen LogP contribution is -2.35. The monoisotopic (exact) mass is 279 g/mol. The lowest BCUT2D eigenvalue weighted by molar-refractivity contribution is -0.491. The summed E-state index contributed by atoms with van der Waals surface area (Å²) < 4.78 is 3.26. The topological polar surface area (TPSA) is 72.6 Å². The zero-order chi connectivity index (χ0) is 11.9. The summed E-state index contributed by atoms with van der Waals surface area (Å²) in [4.78, 5) is 9.66. The maximum absolute atomic E-state index is 10.3. The molecule has 0 saturated heterocycles. The molecule has 0 rings (SSSR count). The smallest absolute Gasteiger partial charge is 0.233 e. The molecular weight excluding hydrogens is 268 g/mol. The predicted octanol–water partition coefficient (Wildman–Crippen LogP) is 1.79. The van der Waals surface area contributed by atoms with Gasteiger partial charge in [0.15, 0.2) is 6.10 Å². The Hall–Kier alpha value is 0.190. The first-order chi connectivity index (χ1) is 6.88. The third-order valence-electron chi connectivity index (χ3n) is 1.55. The van der Waals surface area contributed by atoms with Crippen LogP contribution in [0.15, 0.2) is 0 Å². The van der Waals surface area contributed by atoms with Gasteiger partial charge in [-0.15, -0.1) is 0 Å². The van der Waals surface area contributed by atoms with Crippen molar-refractivity contribution in [2.24, 2.45) is 0 Å². The molecule has 90 valence electrons. The molecule has 1 N–H and O–H groups in total. The maximum atomic E-state index is 10.3. The fraction of sp³-hybridized carbons (Fsp3) is 1.00. The van der Waals surface area contributed by atoms with Crippen LogP contribution in [0.4, 0.5) is 0 Å². The highest BCUT2D eigenvalue weighted by molar-refractivity contribution is 6.68. The second kappa shape index (κ2) is 7.46. The summed E-state index contributed by atoms with van der Waals surface area (Å²) in [5.74, 6) is 0. The summed E-state index contributed by atoms with van der Waals surface area (Å²) in [5.41, 5.74) is 0. The van der Waals surface area contributed by atoms with Crippen molar-refractivity contribution in [3.8, 4) is 0 Å². The Labute approximate surface area is 102 Å². The minimum absolute atomic E-state index is 0.0387. The fourth-order valence-electron chi connectivity index (χ4n) is 0.826. The van der Waals surface area contributed by atoms with Crippen molar-refractivity contribution in [2.75, 3.05) is 19.8 Å². The first-order valence-electron chi connectivity index (χ1n) is 4.29. The Morgan fingerprint density at radius 2 is 2.00 bits per heavy atom. The Bertz CT molecular complexity index is 197. The average Bonchev–Trinajstić information content (AvgIpc) is 2.08. The largest absolute Gasteiger partial charge is 0.396 e. The highest BCUT2D eigenvalue weighted by Gasteiger charge is 2.37. The number of halogens is 3. The Morgan fingerprint density at radius 1 is 1.40 bits per heavy atom. The summed E-state index contributed by atoms with van der Waals surface area (Å²) in [6.45, 7) is -0.306. The molecule has 0 aromatic rings. The van der Waals surface area contributed by atoms with E-state index >= 15 is 0 Å². The molecule has 0 fully saturated rings. The molecule has 15 heavy (non-hydrogen) atoms. The number of alkyl halides is 3. The zero-order valence-corrected chi connectivity index (χ0v) is 10.1. The highest BCUT2D eigenvalue weighted by Crippen LogP contribution is 2.32. The number of aliphatic hydroxyl groups is 1. The maximum Gasteiger partial charge on any atom is 0.233 e. The summed E-state index contributed by atoms with van der Waals surface area (Å²) in [6, 6.07) is 0. The molecule has 0 aromatic heterocycles. The van der Waals surface area contributed by atoms with Crippen molar-refractivity contribution in [3.05, 3.63) is 10.1 Å². The fourth-order valence-corrected chi connectivity index (χ4v) is 1.22. The molecule has 0 aliphatic heterocycles. The third-order valence-corrected chi connectivity index (χ3v) is 2.28. The molecule has 1 atom stereocenters. The van der Waals surface area contributed by atoms with E-state index in [9.17, 15) is 10.1 Å². The molecule has 0 aliphatic carbocycles. The molecule has 0 radical (unpaired) electrons. The molecular formula is C7H12Cl3NO4. The van der Waals surface area contributed by atoms with Crippen LogP contribution in [0.3, 0.4) is 0 Å². The van der Waals surface area contributed by atoms with Crippen molar-refractivity contribution in [3.63, 3.8) is 0 Å². The van der Waals surface area contributed by atoms with Crippen molar-refractivity contribution >= 4 is 34.8 Å². The minimum Gasteiger partial charge on any atom is -0.396 e. The van der Waals surface area contributed by atoms with Gasteiger partial charge in [0.25, 0.3) is 0 Å². The lowest BCUT2D eigenvalue weighted by atomic mass is 10.3. The van der Waals surface area contributed by atoms with Crippen LogP contribution in [0.5, 0.6) is 0 Å². The third kappa shape index (κ3) is 8.04. The standard InChI is InChI=1S/C7H12Cl3NO4/c8-7(9,10)6(5-11(13)14)15-4-2-1-3-12/h6,12H,1-5H2/t6-/m1/s1. The first-order valence-corrected chi connectivity index (χ1v) is 5.42. The average molecular weight is 281 g/mol. The summed E-state index contributed by atoms with van der Waals surface area (Å²) in [5, 5.41) is 18.7. The van der Waals surface area contributed by atoms with Crippen LogP contribution in [-0.2, 0) is 4.74 Å². The second-order valence-electron chi connectivity index (χ2n) is 2.85. The van der Waals surface area contributed by atoms with Gasteiger partial charge >= 0.3 is 0 Å². The number of nitrogens with zero attached hydrogens (tertiary/aromatic N) is 1. The van der Waals surface area contributed by atoms with Gasteiger partial charge in [0.2, 0.25) is 10.3 Å².